The fourth-order valence-electron chi connectivity index (χ4n) is 5.90. The lowest BCUT2D eigenvalue weighted by molar-refractivity contribution is -0.308. The molecule has 3 fully saturated rings. The van der Waals surface area contributed by atoms with Crippen LogP contribution in [0.25, 0.3) is 0 Å². The molecular weight excluding hydrogens is 949 g/mol. The van der Waals surface area contributed by atoms with Crippen LogP contribution in [0.1, 0.15) is 78.0 Å². The third-order valence-corrected chi connectivity index (χ3v) is 11.8. The molecule has 3 aliphatic heterocycles. The maximum absolute atomic E-state index is 13.2. The summed E-state index contributed by atoms with van der Waals surface area (Å²) in [6.07, 6.45) is -0.952. The average molecular weight is 994 g/mol. The molecule has 1 unspecified atom stereocenters. The van der Waals surface area contributed by atoms with Crippen molar-refractivity contribution in [3.63, 3.8) is 0 Å². The minimum absolute atomic E-state index is 0.120. The first kappa shape index (κ1) is 53.2. The van der Waals surface area contributed by atoms with Gasteiger partial charge in [0.1, 0.15) is 0 Å². The molecule has 3 aliphatic rings. The summed E-state index contributed by atoms with van der Waals surface area (Å²) in [6.45, 7) is 8.37. The molecule has 1 aromatic rings. The van der Waals surface area contributed by atoms with Crippen molar-refractivity contribution in [1.29, 1.82) is 0 Å². The second-order valence-electron chi connectivity index (χ2n) is 15.7. The van der Waals surface area contributed by atoms with Gasteiger partial charge in [0.15, 0.2) is 16.7 Å². The number of rotatable bonds is 22. The molecule has 4 N–H and O–H groups in total. The SMILES string of the molecule is CC(=O)NC(CSC(NCc1cc(CNC(SCCC(=O)[O-])=C2C(=O)OC(C)(C)OC2=O)cc(CNC(SCCC(=O)[O-])=C2C(=O)OC(C)(C)OC2=O)c1)=C1C(=O)OC(C)(C)OC1=O)C(=O)[O-]. The van der Waals surface area contributed by atoms with Gasteiger partial charge in [0, 0.05) is 97.3 Å². The fourth-order valence-corrected chi connectivity index (χ4v) is 8.85. The Morgan fingerprint density at radius 1 is 0.522 bits per heavy atom. The number of ether oxygens (including phenoxy) is 6. The molecule has 3 saturated heterocycles. The predicted molar refractivity (Wildman–Crippen MR) is 226 cm³/mol. The van der Waals surface area contributed by atoms with Crippen LogP contribution in [-0.2, 0) is 96.0 Å². The highest BCUT2D eigenvalue weighted by atomic mass is 32.2. The largest absolute Gasteiger partial charge is 0.550 e. The van der Waals surface area contributed by atoms with Gasteiger partial charge in [-0.3, -0.25) is 4.79 Å². The summed E-state index contributed by atoms with van der Waals surface area (Å²) in [6, 6.07) is 3.17. The molecule has 364 valence electrons. The molecule has 0 saturated carbocycles. The van der Waals surface area contributed by atoms with Gasteiger partial charge in [0.25, 0.3) is 17.4 Å². The van der Waals surface area contributed by atoms with Crippen LogP contribution < -0.4 is 36.6 Å². The monoisotopic (exact) mass is 993 g/mol. The standard InChI is InChI=1S/C41H48N4O19S3/c1-19(46)45-23(32(51)52)18-67-31(28-37(57)63-41(6,7)64-38(28)58)44-17-22-13-20(15-42-29(65-10-8-24(47)48)26-33(53)59-39(2,3)60-34(26)54)12-21(14-22)16-43-30(66-11-9-25(49)50)27-35(55)61-40(4,5)62-36(27)56/h12-14,23,42-44H,8-11,15-18H2,1-7H3,(H,45,46)(H,47,48)(H,49,50)(H,51,52)/p-3. The molecule has 26 heteroatoms. The van der Waals surface area contributed by atoms with E-state index < -0.39 is 118 Å². The Morgan fingerprint density at radius 3 is 1.06 bits per heavy atom. The van der Waals surface area contributed by atoms with Gasteiger partial charge in [-0.05, 0) is 29.5 Å². The van der Waals surface area contributed by atoms with E-state index in [1.807, 2.05) is 0 Å². The number of carbonyl (C=O) groups is 10. The number of amides is 1. The molecule has 0 radical (unpaired) electrons. The number of benzene rings is 1. The van der Waals surface area contributed by atoms with Crippen LogP contribution in [0.4, 0.5) is 0 Å². The first-order valence-corrected chi connectivity index (χ1v) is 22.8. The van der Waals surface area contributed by atoms with Crippen molar-refractivity contribution < 1.29 is 91.7 Å². The van der Waals surface area contributed by atoms with Crippen molar-refractivity contribution in [1.82, 2.24) is 21.3 Å². The lowest BCUT2D eigenvalue weighted by Crippen LogP contribution is -2.49. The molecule has 4 rings (SSSR count). The third kappa shape index (κ3) is 15.9. The zero-order valence-electron chi connectivity index (χ0n) is 36.9. The highest BCUT2D eigenvalue weighted by Crippen LogP contribution is 2.32. The number of thioether (sulfide) groups is 3. The molecule has 1 amide bonds. The summed E-state index contributed by atoms with van der Waals surface area (Å²) in [4.78, 5) is 125. The van der Waals surface area contributed by atoms with Crippen LogP contribution >= 0.6 is 35.3 Å². The van der Waals surface area contributed by atoms with Crippen molar-refractivity contribution in [2.75, 3.05) is 17.3 Å². The summed E-state index contributed by atoms with van der Waals surface area (Å²) in [5.41, 5.74) is -0.626. The predicted octanol–water partition coefficient (Wildman–Crippen LogP) is -2.17. The Bertz CT molecular complexity index is 2170. The molecule has 1 atom stereocenters. The highest BCUT2D eigenvalue weighted by Gasteiger charge is 2.43. The van der Waals surface area contributed by atoms with Gasteiger partial charge < -0.3 is 79.4 Å². The van der Waals surface area contributed by atoms with Crippen LogP contribution in [0.3, 0.4) is 0 Å². The fraction of sp³-hybridized carbons (Fsp3) is 0.463. The smallest absolute Gasteiger partial charge is 0.351 e. The van der Waals surface area contributed by atoms with Gasteiger partial charge in [0.05, 0.1) is 27.1 Å². The maximum Gasteiger partial charge on any atom is 0.351 e. The lowest BCUT2D eigenvalue weighted by Gasteiger charge is -2.31. The minimum atomic E-state index is -1.67. The molecule has 3 heterocycles. The number of hydrogen-bond acceptors (Lipinski definition) is 25. The average Bonchev–Trinajstić information content (AvgIpc) is 3.16. The lowest BCUT2D eigenvalue weighted by atomic mass is 10.0. The van der Waals surface area contributed by atoms with Gasteiger partial charge in [0.2, 0.25) is 5.91 Å². The first-order valence-electron chi connectivity index (χ1n) is 19.9. The molecular formula is C41H45N4O19S3-3. The summed E-state index contributed by atoms with van der Waals surface area (Å²) >= 11 is 2.21. The number of cyclic esters (lactones) is 6. The number of nitrogens with one attached hydrogen (secondary N) is 4. The van der Waals surface area contributed by atoms with E-state index in [2.05, 4.69) is 21.3 Å². The molecule has 0 bridgehead atoms. The molecule has 0 spiro atoms. The van der Waals surface area contributed by atoms with E-state index in [1.165, 1.54) is 41.5 Å². The zero-order chi connectivity index (χ0) is 50.0. The van der Waals surface area contributed by atoms with Gasteiger partial charge in [-0.2, -0.15) is 0 Å². The van der Waals surface area contributed by atoms with Crippen LogP contribution in [-0.4, -0.2) is 100 Å². The maximum atomic E-state index is 13.2. The van der Waals surface area contributed by atoms with Crippen molar-refractivity contribution in [2.45, 2.75) is 104 Å². The zero-order valence-corrected chi connectivity index (χ0v) is 39.4. The van der Waals surface area contributed by atoms with E-state index in [0.29, 0.717) is 28.5 Å². The number of carbonyl (C=O) groups excluding carboxylic acids is 10. The van der Waals surface area contributed by atoms with Crippen molar-refractivity contribution in [3.05, 3.63) is 66.7 Å². The van der Waals surface area contributed by atoms with Gasteiger partial charge in [-0.1, -0.05) is 18.2 Å². The number of hydrogen-bond donors (Lipinski definition) is 4. The summed E-state index contributed by atoms with van der Waals surface area (Å²) < 4.78 is 31.5. The Labute approximate surface area is 394 Å². The van der Waals surface area contributed by atoms with Crippen molar-refractivity contribution in [2.24, 2.45) is 0 Å². The Kier molecular flexibility index (Phi) is 17.8. The minimum Gasteiger partial charge on any atom is -0.550 e. The second-order valence-corrected chi connectivity index (χ2v) is 18.9. The van der Waals surface area contributed by atoms with Crippen molar-refractivity contribution >= 4 is 94.9 Å². The highest BCUT2D eigenvalue weighted by molar-refractivity contribution is 8.03. The van der Waals surface area contributed by atoms with Crippen LogP contribution in [0.15, 0.2) is 50.0 Å². The number of carboxylic acids is 3. The third-order valence-electron chi connectivity index (χ3n) is 8.57. The quantitative estimate of drug-likeness (QED) is 0.0416. The van der Waals surface area contributed by atoms with E-state index in [9.17, 15) is 63.3 Å². The topological polar surface area (TPSA) is 343 Å². The number of esters is 6. The molecule has 0 aromatic heterocycles. The van der Waals surface area contributed by atoms with Gasteiger partial charge in [-0.25, -0.2) is 28.8 Å². The second kappa shape index (κ2) is 22.4. The molecule has 67 heavy (non-hydrogen) atoms. The first-order chi connectivity index (χ1) is 31.2. The molecule has 0 aliphatic carbocycles. The summed E-state index contributed by atoms with van der Waals surface area (Å²) in [5, 5.41) is 45.0. The summed E-state index contributed by atoms with van der Waals surface area (Å²) in [5.74, 6) is -17.4. The van der Waals surface area contributed by atoms with Crippen LogP contribution in [0.2, 0.25) is 0 Å². The van der Waals surface area contributed by atoms with E-state index in [0.717, 1.165) is 30.4 Å². The molecule has 1 aromatic carbocycles. The van der Waals surface area contributed by atoms with E-state index >= 15 is 0 Å². The van der Waals surface area contributed by atoms with Gasteiger partial charge in [-0.15, -0.1) is 35.3 Å². The van der Waals surface area contributed by atoms with E-state index in [1.54, 1.807) is 18.2 Å². The van der Waals surface area contributed by atoms with Crippen molar-refractivity contribution in [3.8, 4) is 0 Å². The number of carboxylic acid groups (broad SMARTS) is 3. The normalized spacial score (nSPS) is 17.6. The number of aliphatic carboxylic acids is 3. The Hall–Kier alpha value is -6.41. The van der Waals surface area contributed by atoms with Crippen LogP contribution in [0, 0.1) is 0 Å². The Morgan fingerprint density at radius 2 is 0.806 bits per heavy atom. The summed E-state index contributed by atoms with van der Waals surface area (Å²) in [7, 11) is 0. The van der Waals surface area contributed by atoms with E-state index in [-0.39, 0.29) is 46.2 Å². The molecule has 23 nitrogen and oxygen atoms in total. The van der Waals surface area contributed by atoms with E-state index in [4.69, 9.17) is 28.4 Å². The van der Waals surface area contributed by atoms with Gasteiger partial charge >= 0.3 is 35.8 Å². The Balaban J connectivity index is 1.79. The van der Waals surface area contributed by atoms with Crippen LogP contribution in [0.5, 0.6) is 0 Å².